The first-order valence-corrected chi connectivity index (χ1v) is 44.3. The van der Waals surface area contributed by atoms with Crippen molar-refractivity contribution in [1.29, 1.82) is 0 Å². The normalized spacial score (nSPS) is 16.7. The van der Waals surface area contributed by atoms with Crippen LogP contribution in [0.2, 0.25) is 6.04 Å². The first kappa shape index (κ1) is 61.5. The second-order valence-corrected chi connectivity index (χ2v) is 49.5. The molecule has 1 rings (SSSR count). The van der Waals surface area contributed by atoms with Gasteiger partial charge in [0.25, 0.3) is 0 Å². The van der Waals surface area contributed by atoms with E-state index >= 15 is 0 Å². The number of hydrogen-bond donors (Lipinski definition) is 0. The third-order valence-corrected chi connectivity index (χ3v) is 57.6. The van der Waals surface area contributed by atoms with Gasteiger partial charge in [0.2, 0.25) is 0 Å². The summed E-state index contributed by atoms with van der Waals surface area (Å²) in [5.41, 5.74) is 0. The van der Waals surface area contributed by atoms with Crippen LogP contribution in [0.1, 0.15) is 128 Å². The molecule has 2 atom stereocenters. The molecule has 0 heterocycles. The van der Waals surface area contributed by atoms with Gasteiger partial charge in [0.05, 0.1) is 0 Å². The third kappa shape index (κ3) is 23.1. The van der Waals surface area contributed by atoms with Crippen molar-refractivity contribution in [2.24, 2.45) is 5.92 Å². The van der Waals surface area contributed by atoms with Gasteiger partial charge >= 0.3 is 24.7 Å². The summed E-state index contributed by atoms with van der Waals surface area (Å²) in [5, 5.41) is 0. The van der Waals surface area contributed by atoms with E-state index in [1.165, 1.54) is 32.1 Å². The van der Waals surface area contributed by atoms with Crippen LogP contribution < -0.4 is 0 Å². The smallest absolute Gasteiger partial charge is 0.374 e. The van der Waals surface area contributed by atoms with Crippen molar-refractivity contribution in [1.82, 2.24) is 0 Å². The maximum Gasteiger partial charge on any atom is 0.808 e. The van der Waals surface area contributed by atoms with Gasteiger partial charge in [-0.15, -0.1) is 0 Å². The lowest BCUT2D eigenvalue weighted by atomic mass is 9.87. The Morgan fingerprint density at radius 1 is 0.475 bits per heavy atom. The molecule has 0 radical (unpaired) electrons. The maximum atomic E-state index is 6.78. The molecular formula is C35H78O9S12Si3+2. The summed E-state index contributed by atoms with van der Waals surface area (Å²) < 4.78 is 58.9. The molecule has 0 aromatic carbocycles. The molecule has 9 nitrogen and oxygen atoms in total. The lowest BCUT2D eigenvalue weighted by Crippen LogP contribution is -2.55. The SMILES string of the molecule is CCCSS[S+](SC(CSSSSCCC[Si](OCC)(OCC)OCC)(S[S+](SSCCC)[Si](OCC)(OCC)OCC)C1CCCCC1)[Si](OCC)(OCC)OCC. The Morgan fingerprint density at radius 2 is 0.864 bits per heavy atom. The lowest BCUT2D eigenvalue weighted by molar-refractivity contribution is 0.0712. The van der Waals surface area contributed by atoms with E-state index in [0.717, 1.165) is 48.3 Å². The zero-order valence-electron chi connectivity index (χ0n) is 37.7. The largest absolute Gasteiger partial charge is 0.808 e. The average Bonchev–Trinajstić information content (AvgIpc) is 3.22. The molecule has 24 heteroatoms. The van der Waals surface area contributed by atoms with Gasteiger partial charge in [-0.05, 0) is 142 Å². The van der Waals surface area contributed by atoms with Crippen LogP contribution in [-0.4, -0.2) is 111 Å². The molecule has 1 fully saturated rings. The van der Waals surface area contributed by atoms with E-state index in [1.807, 2.05) is 103 Å². The first-order valence-electron chi connectivity index (χ1n) is 21.5. The van der Waals surface area contributed by atoms with Crippen LogP contribution >= 0.6 is 104 Å². The Labute approximate surface area is 407 Å². The van der Waals surface area contributed by atoms with Crippen LogP contribution in [0, 0.1) is 5.92 Å². The highest BCUT2D eigenvalue weighted by atomic mass is 33.8. The van der Waals surface area contributed by atoms with Crippen LogP contribution in [0.15, 0.2) is 0 Å². The fourth-order valence-corrected chi connectivity index (χ4v) is 63.5. The van der Waals surface area contributed by atoms with E-state index in [4.69, 9.17) is 39.8 Å². The molecule has 1 aliphatic rings. The summed E-state index contributed by atoms with van der Waals surface area (Å²) in [6, 6.07) is 0.842. The van der Waals surface area contributed by atoms with Crippen molar-refractivity contribution in [3.05, 3.63) is 0 Å². The second-order valence-electron chi connectivity index (χ2n) is 12.5. The Bertz CT molecular complexity index is 903. The quantitative estimate of drug-likeness (QED) is 0.0191. The van der Waals surface area contributed by atoms with Crippen LogP contribution in [0.4, 0.5) is 0 Å². The monoisotopic (exact) mass is 1110 g/mol. The summed E-state index contributed by atoms with van der Waals surface area (Å²) in [6.07, 6.45) is 9.41. The zero-order chi connectivity index (χ0) is 43.7. The van der Waals surface area contributed by atoms with E-state index in [1.54, 1.807) is 0 Å². The number of hydrogen-bond acceptors (Lipinski definition) is 19. The van der Waals surface area contributed by atoms with Gasteiger partial charge in [0, 0.05) is 88.5 Å². The van der Waals surface area contributed by atoms with Crippen molar-refractivity contribution in [3.63, 3.8) is 0 Å². The van der Waals surface area contributed by atoms with E-state index in [-0.39, 0.29) is 4.08 Å². The highest BCUT2D eigenvalue weighted by Crippen LogP contribution is 2.65. The first-order chi connectivity index (χ1) is 28.7. The second kappa shape index (κ2) is 38.4. The molecule has 354 valence electrons. The Hall–Kier alpha value is 4.49. The predicted molar refractivity (Wildman–Crippen MR) is 291 cm³/mol. The van der Waals surface area contributed by atoms with E-state index in [2.05, 4.69) is 77.0 Å². The molecule has 0 aromatic rings. The molecule has 0 spiro atoms. The van der Waals surface area contributed by atoms with Crippen molar-refractivity contribution >= 4 is 146 Å². The predicted octanol–water partition coefficient (Wildman–Crippen LogP) is 14.4. The van der Waals surface area contributed by atoms with Gasteiger partial charge in [-0.2, -0.15) is 0 Å². The molecule has 0 saturated heterocycles. The van der Waals surface area contributed by atoms with E-state index in [9.17, 15) is 0 Å². The summed E-state index contributed by atoms with van der Waals surface area (Å²) in [6.45, 7) is 28.3. The van der Waals surface area contributed by atoms with Crippen molar-refractivity contribution < 1.29 is 39.8 Å². The topological polar surface area (TPSA) is 83.1 Å². The molecule has 2 unspecified atom stereocenters. The van der Waals surface area contributed by atoms with Crippen LogP contribution in [0.3, 0.4) is 0 Å². The van der Waals surface area contributed by atoms with Crippen molar-refractivity contribution in [2.45, 2.75) is 138 Å². The molecule has 0 aliphatic heterocycles. The Kier molecular flexibility index (Phi) is 40.0. The van der Waals surface area contributed by atoms with E-state index in [0.29, 0.717) is 65.4 Å². The van der Waals surface area contributed by atoms with Gasteiger partial charge in [0.1, 0.15) is 21.6 Å². The molecule has 1 aliphatic carbocycles. The minimum Gasteiger partial charge on any atom is -0.374 e. The summed E-state index contributed by atoms with van der Waals surface area (Å²) in [4.78, 5) is 0. The molecule has 1 saturated carbocycles. The third-order valence-electron chi connectivity index (χ3n) is 7.98. The Morgan fingerprint density at radius 3 is 1.24 bits per heavy atom. The molecule has 0 bridgehead atoms. The van der Waals surface area contributed by atoms with Gasteiger partial charge in [-0.1, -0.05) is 54.7 Å². The molecule has 0 aromatic heterocycles. The molecular weight excluding hydrogens is 1030 g/mol. The summed E-state index contributed by atoms with van der Waals surface area (Å²) in [7, 11) is 9.98. The standard InChI is InChI=1S/C35H78O9S12Si3/c1-12-29-46-53-55(58(39-17-6,40-18-7)41-19-8)49-35(34-27-24-23-25-28-34,50-56(54-47-30-13-2)59(42-20-9,43-21-10)44-22-11)33-48-52-51-45-31-26-32-57(36-14-3,37-15-4)38-16-5/h34H,12-33H2,1-11H3/q+2. The van der Waals surface area contributed by atoms with Gasteiger partial charge < -0.3 is 39.8 Å². The van der Waals surface area contributed by atoms with Crippen molar-refractivity contribution in [3.8, 4) is 0 Å². The average molecular weight is 1110 g/mol. The van der Waals surface area contributed by atoms with Gasteiger partial charge in [0.15, 0.2) is 40.5 Å². The molecule has 0 N–H and O–H groups in total. The van der Waals surface area contributed by atoms with Crippen LogP contribution in [0.25, 0.3) is 0 Å². The summed E-state index contributed by atoms with van der Waals surface area (Å²) in [5.74, 6) is 4.58. The van der Waals surface area contributed by atoms with Crippen LogP contribution in [0.5, 0.6) is 0 Å². The fourth-order valence-electron chi connectivity index (χ4n) is 5.78. The van der Waals surface area contributed by atoms with Crippen LogP contribution in [-0.2, 0) is 56.7 Å². The maximum absolute atomic E-state index is 6.78. The molecule has 0 amide bonds. The minimum atomic E-state index is -3.15. The zero-order valence-corrected chi connectivity index (χ0v) is 50.5. The number of rotatable bonds is 42. The van der Waals surface area contributed by atoms with Crippen molar-refractivity contribution in [2.75, 3.05) is 82.5 Å². The minimum absolute atomic E-state index is 0.208. The highest BCUT2D eigenvalue weighted by molar-refractivity contribution is 9.32. The Balaban J connectivity index is 3.76. The molecule has 59 heavy (non-hydrogen) atoms. The van der Waals surface area contributed by atoms with E-state index < -0.39 is 41.5 Å². The highest BCUT2D eigenvalue weighted by Gasteiger charge is 2.74. The van der Waals surface area contributed by atoms with Gasteiger partial charge in [-0.3, -0.25) is 0 Å². The summed E-state index contributed by atoms with van der Waals surface area (Å²) >= 11 is 0. The lowest BCUT2D eigenvalue weighted by Gasteiger charge is -2.38. The fraction of sp³-hybridized carbons (Fsp3) is 1.00. The van der Waals surface area contributed by atoms with Gasteiger partial charge in [-0.25, -0.2) is 0 Å².